The van der Waals surface area contributed by atoms with Gasteiger partial charge in [0.15, 0.2) is 0 Å². The van der Waals surface area contributed by atoms with Gasteiger partial charge in [-0.15, -0.1) is 0 Å². The molecule has 0 aromatic carbocycles. The summed E-state index contributed by atoms with van der Waals surface area (Å²) in [4.78, 5) is 0. The molecule has 0 rings (SSSR count). The molecule has 0 unspecified atom stereocenters. The molecule has 0 aliphatic rings. The summed E-state index contributed by atoms with van der Waals surface area (Å²) in [7, 11) is 1.68. The van der Waals surface area contributed by atoms with Crippen LogP contribution in [0.2, 0.25) is 0 Å². The lowest BCUT2D eigenvalue weighted by Gasteiger charge is -2.27. The van der Waals surface area contributed by atoms with Crippen LogP contribution in [0.15, 0.2) is 0 Å². The van der Waals surface area contributed by atoms with Gasteiger partial charge in [0.2, 0.25) is 10.0 Å². The maximum absolute atomic E-state index is 11.5. The number of nitrogens with zero attached hydrogens (tertiary/aromatic N) is 1. The van der Waals surface area contributed by atoms with E-state index in [1.807, 2.05) is 20.8 Å². The van der Waals surface area contributed by atoms with Crippen LogP contribution in [0.25, 0.3) is 0 Å². The fourth-order valence-electron chi connectivity index (χ4n) is 1.51. The normalized spacial score (nSPS) is 15.2. The van der Waals surface area contributed by atoms with Crippen LogP contribution in [0.5, 0.6) is 0 Å². The molecule has 0 saturated heterocycles. The van der Waals surface area contributed by atoms with Gasteiger partial charge in [0.05, 0.1) is 11.4 Å². The molecule has 0 saturated carbocycles. The summed E-state index contributed by atoms with van der Waals surface area (Å²) in [6.07, 6.45) is 0.839. The van der Waals surface area contributed by atoms with E-state index in [4.69, 9.17) is 4.74 Å². The van der Waals surface area contributed by atoms with Crippen molar-refractivity contribution in [2.45, 2.75) is 38.8 Å². The van der Waals surface area contributed by atoms with Gasteiger partial charge in [-0.3, -0.25) is 0 Å². The third-order valence-corrected chi connectivity index (χ3v) is 4.59. The minimum absolute atomic E-state index is 0.123. The highest BCUT2D eigenvalue weighted by atomic mass is 32.2. The van der Waals surface area contributed by atoms with Crippen LogP contribution in [0.3, 0.4) is 0 Å². The number of methoxy groups -OCH3 is 1. The molecule has 0 fully saturated rings. The smallest absolute Gasteiger partial charge is 0.214 e. The Morgan fingerprint density at radius 3 is 2.29 bits per heavy atom. The lowest BCUT2D eigenvalue weighted by Crippen LogP contribution is -2.39. The van der Waals surface area contributed by atoms with Crippen LogP contribution in [-0.4, -0.2) is 57.9 Å². The van der Waals surface area contributed by atoms with Gasteiger partial charge in [0.1, 0.15) is 0 Å². The van der Waals surface area contributed by atoms with Gasteiger partial charge in [-0.25, -0.2) is 12.7 Å². The van der Waals surface area contributed by atoms with Crippen molar-refractivity contribution in [3.63, 3.8) is 0 Å². The largest absolute Gasteiger partial charge is 0.379 e. The molecular formula is C11H26N2O3S. The molecule has 0 aliphatic carbocycles. The molecule has 0 radical (unpaired) electrons. The van der Waals surface area contributed by atoms with E-state index in [0.717, 1.165) is 6.42 Å². The zero-order valence-electron chi connectivity index (χ0n) is 11.8. The molecule has 0 aromatic heterocycles. The molecule has 5 nitrogen and oxygen atoms in total. The Morgan fingerprint density at radius 1 is 1.35 bits per heavy atom. The van der Waals surface area contributed by atoms with E-state index >= 15 is 0 Å². The van der Waals surface area contributed by atoms with Gasteiger partial charge in [0.25, 0.3) is 0 Å². The van der Waals surface area contributed by atoms with Crippen LogP contribution in [-0.2, 0) is 14.8 Å². The Labute approximate surface area is 106 Å². The number of hydrogen-bond donors (Lipinski definition) is 1. The first-order valence-electron chi connectivity index (χ1n) is 5.79. The molecule has 0 aromatic rings. The predicted octanol–water partition coefficient (Wildman–Crippen LogP) is 0.671. The van der Waals surface area contributed by atoms with Crippen LogP contribution in [0.4, 0.5) is 0 Å². The number of hydrogen-bond acceptors (Lipinski definition) is 4. The quantitative estimate of drug-likeness (QED) is 0.701. The van der Waals surface area contributed by atoms with Crippen molar-refractivity contribution in [1.29, 1.82) is 0 Å². The molecular weight excluding hydrogens is 240 g/mol. The SMILES string of the molecule is COC(C)(C)C[C@@H](C)NCCS(=O)(=O)N(C)C. The van der Waals surface area contributed by atoms with E-state index in [0.29, 0.717) is 6.54 Å². The van der Waals surface area contributed by atoms with E-state index in [1.54, 1.807) is 21.2 Å². The molecule has 0 heterocycles. The zero-order chi connectivity index (χ0) is 13.7. The topological polar surface area (TPSA) is 58.6 Å². The van der Waals surface area contributed by atoms with E-state index in [9.17, 15) is 8.42 Å². The summed E-state index contributed by atoms with van der Waals surface area (Å²) in [5.74, 6) is 0.123. The Hall–Kier alpha value is -0.170. The first-order valence-corrected chi connectivity index (χ1v) is 7.40. The van der Waals surface area contributed by atoms with Crippen molar-refractivity contribution in [2.75, 3.05) is 33.5 Å². The van der Waals surface area contributed by atoms with Gasteiger partial charge in [0, 0.05) is 33.8 Å². The maximum Gasteiger partial charge on any atom is 0.214 e. The number of nitrogens with one attached hydrogen (secondary N) is 1. The van der Waals surface area contributed by atoms with E-state index in [2.05, 4.69) is 5.32 Å². The molecule has 0 spiro atoms. The van der Waals surface area contributed by atoms with Crippen molar-refractivity contribution >= 4 is 10.0 Å². The second-order valence-electron chi connectivity index (χ2n) is 5.12. The summed E-state index contributed by atoms with van der Waals surface area (Å²) in [6, 6.07) is 0.224. The van der Waals surface area contributed by atoms with E-state index < -0.39 is 10.0 Å². The van der Waals surface area contributed by atoms with Crippen LogP contribution in [0, 0.1) is 0 Å². The molecule has 104 valence electrons. The van der Waals surface area contributed by atoms with Crippen molar-refractivity contribution in [3.8, 4) is 0 Å². The summed E-state index contributed by atoms with van der Waals surface area (Å²) in [5, 5.41) is 3.20. The lowest BCUT2D eigenvalue weighted by molar-refractivity contribution is 0.00875. The van der Waals surface area contributed by atoms with Crippen molar-refractivity contribution in [3.05, 3.63) is 0 Å². The molecule has 0 bridgehead atoms. The number of rotatable bonds is 8. The van der Waals surface area contributed by atoms with Crippen LogP contribution < -0.4 is 5.32 Å². The van der Waals surface area contributed by atoms with Gasteiger partial charge in [-0.05, 0) is 27.2 Å². The highest BCUT2D eigenvalue weighted by Gasteiger charge is 2.20. The average Bonchev–Trinajstić information content (AvgIpc) is 2.16. The Morgan fingerprint density at radius 2 is 1.88 bits per heavy atom. The third kappa shape index (κ3) is 6.98. The Balaban J connectivity index is 3.99. The zero-order valence-corrected chi connectivity index (χ0v) is 12.6. The molecule has 0 aliphatic heterocycles. The highest BCUT2D eigenvalue weighted by molar-refractivity contribution is 7.89. The van der Waals surface area contributed by atoms with E-state index in [1.165, 1.54) is 4.31 Å². The summed E-state index contributed by atoms with van der Waals surface area (Å²) < 4.78 is 29.6. The molecule has 1 atom stereocenters. The maximum atomic E-state index is 11.5. The molecule has 17 heavy (non-hydrogen) atoms. The second-order valence-corrected chi connectivity index (χ2v) is 7.42. The first-order chi connectivity index (χ1) is 7.60. The van der Waals surface area contributed by atoms with E-state index in [-0.39, 0.29) is 17.4 Å². The van der Waals surface area contributed by atoms with Gasteiger partial charge < -0.3 is 10.1 Å². The van der Waals surface area contributed by atoms with Gasteiger partial charge in [-0.2, -0.15) is 0 Å². The van der Waals surface area contributed by atoms with Crippen molar-refractivity contribution in [1.82, 2.24) is 9.62 Å². The summed E-state index contributed by atoms with van der Waals surface area (Å²) in [6.45, 7) is 6.52. The van der Waals surface area contributed by atoms with Crippen molar-refractivity contribution < 1.29 is 13.2 Å². The van der Waals surface area contributed by atoms with Crippen molar-refractivity contribution in [2.24, 2.45) is 0 Å². The fraction of sp³-hybridized carbons (Fsp3) is 1.00. The minimum atomic E-state index is -3.10. The third-order valence-electron chi connectivity index (χ3n) is 2.76. The fourth-order valence-corrected chi connectivity index (χ4v) is 2.25. The standard InChI is InChI=1S/C11H26N2O3S/c1-10(9-11(2,3)16-6)12-7-8-17(14,15)13(4)5/h10,12H,7-9H2,1-6H3/t10-/m1/s1. The van der Waals surface area contributed by atoms with Crippen LogP contribution in [0.1, 0.15) is 27.2 Å². The Kier molecular flexibility index (Phi) is 6.61. The van der Waals surface area contributed by atoms with Gasteiger partial charge >= 0.3 is 0 Å². The molecule has 0 amide bonds. The monoisotopic (exact) mass is 266 g/mol. The highest BCUT2D eigenvalue weighted by Crippen LogP contribution is 2.15. The number of sulfonamides is 1. The minimum Gasteiger partial charge on any atom is -0.379 e. The molecule has 1 N–H and O–H groups in total. The first kappa shape index (κ1) is 16.8. The summed E-state index contributed by atoms with van der Waals surface area (Å²) >= 11 is 0. The summed E-state index contributed by atoms with van der Waals surface area (Å²) in [5.41, 5.74) is -0.188. The molecule has 6 heteroatoms. The average molecular weight is 266 g/mol. The Bertz CT molecular complexity index is 313. The second kappa shape index (κ2) is 6.68. The lowest BCUT2D eigenvalue weighted by atomic mass is 10.00. The number of ether oxygens (including phenoxy) is 1. The van der Waals surface area contributed by atoms with Gasteiger partial charge in [-0.1, -0.05) is 0 Å². The van der Waals surface area contributed by atoms with Crippen LogP contribution >= 0.6 is 0 Å². The predicted molar refractivity (Wildman–Crippen MR) is 70.6 cm³/mol.